The maximum Gasteiger partial charge on any atom is 0.152 e. The lowest BCUT2D eigenvalue weighted by Crippen LogP contribution is -2.31. The monoisotopic (exact) mass is 313 g/mol. The van der Waals surface area contributed by atoms with Gasteiger partial charge < -0.3 is 9.64 Å². The van der Waals surface area contributed by atoms with Crippen LogP contribution in [0.5, 0.6) is 0 Å². The van der Waals surface area contributed by atoms with E-state index in [4.69, 9.17) is 4.74 Å². The molecule has 3 nitrogen and oxygen atoms in total. The summed E-state index contributed by atoms with van der Waals surface area (Å²) in [4.78, 5) is 13.3. The zero-order chi connectivity index (χ0) is 13.5. The molecule has 0 saturated carbocycles. The maximum atomic E-state index is 11.1. The Morgan fingerprint density at radius 1 is 1.44 bits per heavy atom. The average Bonchev–Trinajstić information content (AvgIpc) is 2.34. The normalized spacial score (nSPS) is 10.7. The van der Waals surface area contributed by atoms with Crippen molar-refractivity contribution in [1.82, 2.24) is 0 Å². The van der Waals surface area contributed by atoms with Gasteiger partial charge >= 0.3 is 0 Å². The van der Waals surface area contributed by atoms with Gasteiger partial charge in [0.2, 0.25) is 0 Å². The number of nitrogens with zero attached hydrogens (tertiary/aromatic N) is 1. The van der Waals surface area contributed by atoms with E-state index < -0.39 is 0 Å². The topological polar surface area (TPSA) is 29.5 Å². The van der Waals surface area contributed by atoms with Gasteiger partial charge in [0.15, 0.2) is 6.29 Å². The summed E-state index contributed by atoms with van der Waals surface area (Å²) >= 11 is 3.45. The molecule has 0 aliphatic carbocycles. The van der Waals surface area contributed by atoms with E-state index in [0.717, 1.165) is 35.1 Å². The summed E-state index contributed by atoms with van der Waals surface area (Å²) in [5, 5.41) is 0. The minimum atomic E-state index is 0.528. The van der Waals surface area contributed by atoms with Crippen molar-refractivity contribution in [1.29, 1.82) is 0 Å². The van der Waals surface area contributed by atoms with E-state index in [1.54, 1.807) is 7.11 Å². The van der Waals surface area contributed by atoms with Crippen molar-refractivity contribution in [2.45, 2.75) is 13.8 Å². The van der Waals surface area contributed by atoms with Crippen LogP contribution in [0, 0.1) is 5.92 Å². The van der Waals surface area contributed by atoms with Crippen LogP contribution in [0.1, 0.15) is 24.2 Å². The summed E-state index contributed by atoms with van der Waals surface area (Å²) in [5.41, 5.74) is 1.68. The third-order valence-electron chi connectivity index (χ3n) is 2.61. The molecule has 1 aromatic rings. The van der Waals surface area contributed by atoms with Gasteiger partial charge in [0.1, 0.15) is 0 Å². The SMILES string of the molecule is COCCN(CC(C)C)c1cc(Br)ccc1C=O. The van der Waals surface area contributed by atoms with Crippen molar-refractivity contribution in [3.63, 3.8) is 0 Å². The highest BCUT2D eigenvalue weighted by Gasteiger charge is 2.13. The van der Waals surface area contributed by atoms with E-state index in [1.165, 1.54) is 0 Å². The fraction of sp³-hybridized carbons (Fsp3) is 0.500. The van der Waals surface area contributed by atoms with E-state index in [2.05, 4.69) is 34.7 Å². The molecule has 0 atom stereocenters. The third-order valence-corrected chi connectivity index (χ3v) is 3.10. The van der Waals surface area contributed by atoms with Crippen molar-refractivity contribution >= 4 is 27.9 Å². The first kappa shape index (κ1) is 15.2. The van der Waals surface area contributed by atoms with Crippen LogP contribution in [0.15, 0.2) is 22.7 Å². The summed E-state index contributed by atoms with van der Waals surface area (Å²) < 4.78 is 6.12. The minimum absolute atomic E-state index is 0.528. The Morgan fingerprint density at radius 3 is 2.72 bits per heavy atom. The van der Waals surface area contributed by atoms with E-state index in [0.29, 0.717) is 12.5 Å². The molecular formula is C14H20BrNO2. The van der Waals surface area contributed by atoms with Gasteiger partial charge in [-0.25, -0.2) is 0 Å². The number of hydrogen-bond donors (Lipinski definition) is 0. The molecular weight excluding hydrogens is 294 g/mol. The second kappa shape index (κ2) is 7.54. The summed E-state index contributed by atoms with van der Waals surface area (Å²) in [5.74, 6) is 0.528. The molecule has 1 rings (SSSR count). The summed E-state index contributed by atoms with van der Waals surface area (Å²) in [7, 11) is 1.69. The van der Waals surface area contributed by atoms with Crippen molar-refractivity contribution in [3.05, 3.63) is 28.2 Å². The first-order valence-electron chi connectivity index (χ1n) is 6.07. The average molecular weight is 314 g/mol. The van der Waals surface area contributed by atoms with Crippen LogP contribution in [0.25, 0.3) is 0 Å². The molecule has 0 fully saturated rings. The molecule has 1 aromatic carbocycles. The number of methoxy groups -OCH3 is 1. The predicted molar refractivity (Wildman–Crippen MR) is 78.5 cm³/mol. The third kappa shape index (κ3) is 4.42. The van der Waals surface area contributed by atoms with Crippen molar-refractivity contribution < 1.29 is 9.53 Å². The molecule has 100 valence electrons. The molecule has 18 heavy (non-hydrogen) atoms. The molecule has 0 bridgehead atoms. The van der Waals surface area contributed by atoms with Crippen LogP contribution < -0.4 is 4.90 Å². The fourth-order valence-corrected chi connectivity index (χ4v) is 2.19. The number of rotatable bonds is 7. The smallest absolute Gasteiger partial charge is 0.152 e. The summed E-state index contributed by atoms with van der Waals surface area (Å²) in [6, 6.07) is 5.71. The molecule has 0 saturated heterocycles. The Hall–Kier alpha value is -0.870. The molecule has 0 aromatic heterocycles. The van der Waals surface area contributed by atoms with Crippen molar-refractivity contribution in [3.8, 4) is 0 Å². The Morgan fingerprint density at radius 2 is 2.17 bits per heavy atom. The van der Waals surface area contributed by atoms with Gasteiger partial charge in [-0.3, -0.25) is 4.79 Å². The van der Waals surface area contributed by atoms with Crippen molar-refractivity contribution in [2.24, 2.45) is 5.92 Å². The van der Waals surface area contributed by atoms with Crippen molar-refractivity contribution in [2.75, 3.05) is 31.7 Å². The minimum Gasteiger partial charge on any atom is -0.383 e. The number of benzene rings is 1. The lowest BCUT2D eigenvalue weighted by atomic mass is 10.1. The van der Waals surface area contributed by atoms with Crippen LogP contribution in [-0.2, 0) is 4.74 Å². The molecule has 0 spiro atoms. The second-order valence-electron chi connectivity index (χ2n) is 4.65. The Labute approximate surface area is 117 Å². The van der Waals surface area contributed by atoms with Crippen LogP contribution >= 0.6 is 15.9 Å². The second-order valence-corrected chi connectivity index (χ2v) is 5.57. The van der Waals surface area contributed by atoms with Gasteiger partial charge in [0, 0.05) is 35.9 Å². The zero-order valence-corrected chi connectivity index (χ0v) is 12.7. The number of carbonyl (C=O) groups is 1. The number of aldehydes is 1. The highest BCUT2D eigenvalue weighted by atomic mass is 79.9. The zero-order valence-electron chi connectivity index (χ0n) is 11.1. The van der Waals surface area contributed by atoms with Crippen LogP contribution in [0.3, 0.4) is 0 Å². The first-order chi connectivity index (χ1) is 8.58. The molecule has 0 N–H and O–H groups in total. The fourth-order valence-electron chi connectivity index (χ4n) is 1.84. The van der Waals surface area contributed by atoms with Crippen LogP contribution in [0.2, 0.25) is 0 Å². The van der Waals surface area contributed by atoms with E-state index in [-0.39, 0.29) is 0 Å². The maximum absolute atomic E-state index is 11.1. The number of carbonyl (C=O) groups excluding carboxylic acids is 1. The predicted octanol–water partition coefficient (Wildman–Crippen LogP) is 3.37. The molecule has 0 aliphatic rings. The molecule has 0 amide bonds. The molecule has 0 aliphatic heterocycles. The summed E-state index contributed by atoms with van der Waals surface area (Å²) in [6.45, 7) is 6.67. The number of halogens is 1. The Balaban J connectivity index is 3.01. The standard InChI is InChI=1S/C14H20BrNO2/c1-11(2)9-16(6-7-18-3)14-8-13(15)5-4-12(14)10-17/h4-5,8,10-11H,6-7,9H2,1-3H3. The van der Waals surface area contributed by atoms with E-state index in [1.807, 2.05) is 18.2 Å². The van der Waals surface area contributed by atoms with Gasteiger partial charge in [-0.15, -0.1) is 0 Å². The number of anilines is 1. The lowest BCUT2D eigenvalue weighted by molar-refractivity contribution is 0.112. The highest BCUT2D eigenvalue weighted by molar-refractivity contribution is 9.10. The Bertz CT molecular complexity index is 393. The number of hydrogen-bond acceptors (Lipinski definition) is 3. The van der Waals surface area contributed by atoms with E-state index >= 15 is 0 Å². The van der Waals surface area contributed by atoms with Gasteiger partial charge in [-0.1, -0.05) is 29.8 Å². The molecule has 0 radical (unpaired) electrons. The van der Waals surface area contributed by atoms with Crippen LogP contribution in [-0.4, -0.2) is 33.1 Å². The van der Waals surface area contributed by atoms with Gasteiger partial charge in [-0.2, -0.15) is 0 Å². The highest BCUT2D eigenvalue weighted by Crippen LogP contribution is 2.24. The quantitative estimate of drug-likeness (QED) is 0.723. The summed E-state index contributed by atoms with van der Waals surface area (Å²) in [6.07, 6.45) is 0.905. The van der Waals surface area contributed by atoms with Gasteiger partial charge in [-0.05, 0) is 24.1 Å². The van der Waals surface area contributed by atoms with Gasteiger partial charge in [0.25, 0.3) is 0 Å². The lowest BCUT2D eigenvalue weighted by Gasteiger charge is -2.27. The number of ether oxygens (including phenoxy) is 1. The van der Waals surface area contributed by atoms with Gasteiger partial charge in [0.05, 0.1) is 6.61 Å². The largest absolute Gasteiger partial charge is 0.383 e. The Kier molecular flexibility index (Phi) is 6.36. The molecule has 4 heteroatoms. The molecule has 0 unspecified atom stereocenters. The molecule has 0 heterocycles. The van der Waals surface area contributed by atoms with E-state index in [9.17, 15) is 4.79 Å². The first-order valence-corrected chi connectivity index (χ1v) is 6.86. The van der Waals surface area contributed by atoms with Crippen LogP contribution in [0.4, 0.5) is 5.69 Å².